The SMILES string of the molecule is CCc1ccc2c(c1)nc(SC)n2C. The van der Waals surface area contributed by atoms with Gasteiger partial charge in [-0.2, -0.15) is 0 Å². The monoisotopic (exact) mass is 206 g/mol. The Morgan fingerprint density at radius 2 is 2.21 bits per heavy atom. The van der Waals surface area contributed by atoms with Crippen molar-refractivity contribution >= 4 is 22.8 Å². The molecule has 0 bridgehead atoms. The average Bonchev–Trinajstić information content (AvgIpc) is 2.55. The average molecular weight is 206 g/mol. The zero-order valence-electron chi connectivity index (χ0n) is 8.74. The molecule has 0 saturated heterocycles. The lowest BCUT2D eigenvalue weighted by Crippen LogP contribution is -1.89. The van der Waals surface area contributed by atoms with Crippen molar-refractivity contribution in [3.63, 3.8) is 0 Å². The molecule has 1 aromatic carbocycles. The van der Waals surface area contributed by atoms with Crippen LogP contribution in [0.2, 0.25) is 0 Å². The van der Waals surface area contributed by atoms with E-state index >= 15 is 0 Å². The molecule has 0 fully saturated rings. The van der Waals surface area contributed by atoms with Crippen LogP contribution in [-0.4, -0.2) is 15.8 Å². The number of aromatic nitrogens is 2. The quantitative estimate of drug-likeness (QED) is 0.703. The Bertz CT molecular complexity index is 460. The van der Waals surface area contributed by atoms with Crippen LogP contribution in [0.15, 0.2) is 23.4 Å². The molecular formula is C11H14N2S. The van der Waals surface area contributed by atoms with Crippen molar-refractivity contribution < 1.29 is 0 Å². The summed E-state index contributed by atoms with van der Waals surface area (Å²) in [4.78, 5) is 4.57. The summed E-state index contributed by atoms with van der Waals surface area (Å²) in [6.45, 7) is 2.17. The first-order valence-electron chi connectivity index (χ1n) is 4.75. The first-order valence-corrected chi connectivity index (χ1v) is 5.98. The fourth-order valence-electron chi connectivity index (χ4n) is 1.63. The van der Waals surface area contributed by atoms with E-state index in [9.17, 15) is 0 Å². The van der Waals surface area contributed by atoms with Crippen LogP contribution in [0.25, 0.3) is 11.0 Å². The minimum atomic E-state index is 1.07. The third-order valence-electron chi connectivity index (χ3n) is 2.50. The van der Waals surface area contributed by atoms with E-state index in [0.29, 0.717) is 0 Å². The van der Waals surface area contributed by atoms with Crippen molar-refractivity contribution in [1.82, 2.24) is 9.55 Å². The summed E-state index contributed by atoms with van der Waals surface area (Å²) in [6.07, 6.45) is 3.13. The minimum Gasteiger partial charge on any atom is -0.322 e. The Hall–Kier alpha value is -0.960. The summed E-state index contributed by atoms with van der Waals surface area (Å²) in [7, 11) is 2.06. The third kappa shape index (κ3) is 1.42. The maximum atomic E-state index is 4.57. The lowest BCUT2D eigenvalue weighted by Gasteiger charge is -1.98. The van der Waals surface area contributed by atoms with Gasteiger partial charge in [0.05, 0.1) is 11.0 Å². The molecule has 0 amide bonds. The van der Waals surface area contributed by atoms with E-state index in [0.717, 1.165) is 17.1 Å². The van der Waals surface area contributed by atoms with E-state index < -0.39 is 0 Å². The molecule has 74 valence electrons. The van der Waals surface area contributed by atoms with Gasteiger partial charge in [-0.05, 0) is 30.4 Å². The lowest BCUT2D eigenvalue weighted by atomic mass is 10.1. The molecule has 2 nitrogen and oxygen atoms in total. The summed E-state index contributed by atoms with van der Waals surface area (Å²) in [5, 5.41) is 1.08. The van der Waals surface area contributed by atoms with Gasteiger partial charge in [0.2, 0.25) is 0 Å². The van der Waals surface area contributed by atoms with Crippen molar-refractivity contribution in [3.05, 3.63) is 23.8 Å². The lowest BCUT2D eigenvalue weighted by molar-refractivity contribution is 0.817. The Labute approximate surface area is 88.3 Å². The van der Waals surface area contributed by atoms with Crippen molar-refractivity contribution in [3.8, 4) is 0 Å². The number of rotatable bonds is 2. The predicted molar refractivity (Wildman–Crippen MR) is 61.9 cm³/mol. The first kappa shape index (κ1) is 9.59. The number of thioether (sulfide) groups is 1. The van der Waals surface area contributed by atoms with Gasteiger partial charge in [0, 0.05) is 7.05 Å². The predicted octanol–water partition coefficient (Wildman–Crippen LogP) is 2.86. The van der Waals surface area contributed by atoms with Crippen LogP contribution in [0.1, 0.15) is 12.5 Å². The summed E-state index contributed by atoms with van der Waals surface area (Å²) in [5.74, 6) is 0. The van der Waals surface area contributed by atoms with Crippen LogP contribution in [0.5, 0.6) is 0 Å². The van der Waals surface area contributed by atoms with Gasteiger partial charge in [0.1, 0.15) is 0 Å². The molecule has 2 aromatic rings. The Balaban J connectivity index is 2.66. The van der Waals surface area contributed by atoms with E-state index in [2.05, 4.69) is 48.0 Å². The maximum Gasteiger partial charge on any atom is 0.168 e. The van der Waals surface area contributed by atoms with Gasteiger partial charge in [-0.15, -0.1) is 0 Å². The molecule has 2 rings (SSSR count). The van der Waals surface area contributed by atoms with E-state index in [4.69, 9.17) is 0 Å². The molecule has 0 radical (unpaired) electrons. The van der Waals surface area contributed by atoms with Gasteiger partial charge in [-0.3, -0.25) is 0 Å². The van der Waals surface area contributed by atoms with Crippen LogP contribution in [0.4, 0.5) is 0 Å². The molecule has 0 aliphatic rings. The van der Waals surface area contributed by atoms with Crippen molar-refractivity contribution in [1.29, 1.82) is 0 Å². The summed E-state index contributed by atoms with van der Waals surface area (Å²) in [5.41, 5.74) is 3.67. The number of aryl methyl sites for hydroxylation is 2. The molecule has 14 heavy (non-hydrogen) atoms. The highest BCUT2D eigenvalue weighted by molar-refractivity contribution is 7.98. The number of hydrogen-bond acceptors (Lipinski definition) is 2. The molecule has 0 aliphatic heterocycles. The highest BCUT2D eigenvalue weighted by Gasteiger charge is 2.06. The number of nitrogens with zero attached hydrogens (tertiary/aromatic N) is 2. The van der Waals surface area contributed by atoms with Crippen molar-refractivity contribution in [2.24, 2.45) is 7.05 Å². The number of fused-ring (bicyclic) bond motifs is 1. The fraction of sp³-hybridized carbons (Fsp3) is 0.364. The highest BCUT2D eigenvalue weighted by atomic mass is 32.2. The number of benzene rings is 1. The van der Waals surface area contributed by atoms with Crippen LogP contribution in [0, 0.1) is 0 Å². The molecule has 0 N–H and O–H groups in total. The second kappa shape index (κ2) is 3.65. The molecule has 0 atom stereocenters. The van der Waals surface area contributed by atoms with Gasteiger partial charge in [-0.1, -0.05) is 24.8 Å². The molecule has 1 aromatic heterocycles. The summed E-state index contributed by atoms with van der Waals surface area (Å²) in [6, 6.07) is 6.50. The maximum absolute atomic E-state index is 4.57. The van der Waals surface area contributed by atoms with E-state index in [1.54, 1.807) is 11.8 Å². The molecule has 1 heterocycles. The van der Waals surface area contributed by atoms with Crippen LogP contribution < -0.4 is 0 Å². The Morgan fingerprint density at radius 3 is 2.86 bits per heavy atom. The van der Waals surface area contributed by atoms with E-state index in [1.807, 2.05) is 0 Å². The molecule has 0 unspecified atom stereocenters. The van der Waals surface area contributed by atoms with E-state index in [-0.39, 0.29) is 0 Å². The Kier molecular flexibility index (Phi) is 2.50. The van der Waals surface area contributed by atoms with Crippen LogP contribution >= 0.6 is 11.8 Å². The zero-order valence-corrected chi connectivity index (χ0v) is 9.56. The first-order chi connectivity index (χ1) is 6.76. The summed E-state index contributed by atoms with van der Waals surface area (Å²) < 4.78 is 2.14. The van der Waals surface area contributed by atoms with Crippen molar-refractivity contribution in [2.45, 2.75) is 18.5 Å². The molecule has 0 aliphatic carbocycles. The zero-order chi connectivity index (χ0) is 10.1. The highest BCUT2D eigenvalue weighted by Crippen LogP contribution is 2.21. The van der Waals surface area contributed by atoms with Gasteiger partial charge >= 0.3 is 0 Å². The van der Waals surface area contributed by atoms with Crippen LogP contribution in [-0.2, 0) is 13.5 Å². The molecule has 0 saturated carbocycles. The van der Waals surface area contributed by atoms with Crippen LogP contribution in [0.3, 0.4) is 0 Å². The van der Waals surface area contributed by atoms with Gasteiger partial charge in [0.25, 0.3) is 0 Å². The topological polar surface area (TPSA) is 17.8 Å². The molecule has 3 heteroatoms. The van der Waals surface area contributed by atoms with E-state index in [1.165, 1.54) is 11.1 Å². The standard InChI is InChI=1S/C11H14N2S/c1-4-8-5-6-10-9(7-8)12-11(14-3)13(10)2/h5-7H,4H2,1-3H3. The normalized spacial score (nSPS) is 11.1. The molecular weight excluding hydrogens is 192 g/mol. The van der Waals surface area contributed by atoms with Gasteiger partial charge in [-0.25, -0.2) is 4.98 Å². The smallest absolute Gasteiger partial charge is 0.168 e. The van der Waals surface area contributed by atoms with Crippen molar-refractivity contribution in [2.75, 3.05) is 6.26 Å². The summed E-state index contributed by atoms with van der Waals surface area (Å²) >= 11 is 1.69. The largest absolute Gasteiger partial charge is 0.322 e. The Morgan fingerprint density at radius 1 is 1.43 bits per heavy atom. The second-order valence-electron chi connectivity index (χ2n) is 3.33. The fourth-order valence-corrected chi connectivity index (χ4v) is 2.19. The number of imidazole rings is 1. The molecule has 0 spiro atoms. The number of hydrogen-bond donors (Lipinski definition) is 0. The second-order valence-corrected chi connectivity index (χ2v) is 4.11. The van der Waals surface area contributed by atoms with Gasteiger partial charge in [0.15, 0.2) is 5.16 Å². The van der Waals surface area contributed by atoms with Gasteiger partial charge < -0.3 is 4.57 Å². The third-order valence-corrected chi connectivity index (χ3v) is 3.23. The minimum absolute atomic E-state index is 1.07.